The third-order valence-electron chi connectivity index (χ3n) is 20.6. The lowest BCUT2D eigenvalue weighted by Crippen LogP contribution is -2.63. The van der Waals surface area contributed by atoms with Crippen molar-refractivity contribution in [3.8, 4) is 0 Å². The van der Waals surface area contributed by atoms with E-state index in [1.807, 2.05) is 0 Å². The molecule has 7 aliphatic carbocycles. The van der Waals surface area contributed by atoms with E-state index in [0.29, 0.717) is 0 Å². The standard InChI is InChI=1S/C86H83BN2/c1-85(2,3)70-48-50-78-76(56-70)87-77-57-71(86(4,5)6)49-51-79(77)89(84-74(68-40-21-36-64(54-68)60-30-15-9-16-31-60)44-24-45-75(84)69-41-22-37-65(55-69)61-32-17-10-18-33-61)81-47-25-46-80(82(81)87)88(78)83-72(66-38-19-34-62(52-66)58-26-11-7-12-27-58)42-23-43-73(83)67-39-20-35-63(53-67)59-28-13-8-14-29-59/h7-9,11-15,17,19-20,23-30,32-35,37-40,42-51,54-57,62,67,74,84H,10,16,18,21-22,31,36,41,52-53H2,1-6H3. The number of benzene rings is 6. The van der Waals surface area contributed by atoms with Gasteiger partial charge in [0.25, 0.3) is 6.71 Å². The van der Waals surface area contributed by atoms with Crippen molar-refractivity contribution in [1.82, 2.24) is 0 Å². The predicted molar refractivity (Wildman–Crippen MR) is 382 cm³/mol. The first-order valence-electron chi connectivity index (χ1n) is 33.4. The summed E-state index contributed by atoms with van der Waals surface area (Å²) in [7, 11) is 0. The SMILES string of the molecule is CC(C)(C)c1ccc2c(c1)B1c3cc(C(C)(C)C)ccc3N(C3C(C4=CC(C5=CCCC=C5)=CCC4)=CC=CC3C3=CCCC(C4=CC=CCC4)=C3)c3cccc(c31)N2c1c(C2=CC=CC(c3ccccc3)C2)cccc1C1C=CC=C(c2ccccc2)C1. The summed E-state index contributed by atoms with van der Waals surface area (Å²) in [5, 5.41) is 0. The van der Waals surface area contributed by atoms with Crippen LogP contribution in [-0.2, 0) is 10.8 Å². The van der Waals surface area contributed by atoms with Crippen LogP contribution in [0.3, 0.4) is 0 Å². The van der Waals surface area contributed by atoms with Gasteiger partial charge in [0.15, 0.2) is 0 Å². The van der Waals surface area contributed by atoms with Crippen LogP contribution >= 0.6 is 0 Å². The molecule has 3 heteroatoms. The summed E-state index contributed by atoms with van der Waals surface area (Å²) in [5.74, 6) is 0.469. The van der Waals surface area contributed by atoms with Crippen LogP contribution in [-0.4, -0.2) is 12.8 Å². The number of rotatable bonds is 10. The molecule has 2 aliphatic heterocycles. The van der Waals surface area contributed by atoms with Crippen LogP contribution in [0.2, 0.25) is 0 Å². The first-order chi connectivity index (χ1) is 43.4. The average Bonchev–Trinajstić information content (AvgIpc) is 0.713. The molecule has 0 aromatic heterocycles. The van der Waals surface area contributed by atoms with Gasteiger partial charge in [-0.25, -0.2) is 0 Å². The molecule has 2 heterocycles. The lowest BCUT2D eigenvalue weighted by Gasteiger charge is -2.50. The Bertz CT molecular complexity index is 4290. The van der Waals surface area contributed by atoms with Crippen molar-refractivity contribution >= 4 is 62.7 Å². The molecule has 0 saturated heterocycles. The second kappa shape index (κ2) is 23.4. The molecule has 0 saturated carbocycles. The van der Waals surface area contributed by atoms with E-state index in [1.165, 1.54) is 128 Å². The summed E-state index contributed by atoms with van der Waals surface area (Å²) in [6, 6.07) is 52.1. The number of fused-ring (bicyclic) bond motifs is 4. The Morgan fingerprint density at radius 1 is 0.472 bits per heavy atom. The molecule has 2 nitrogen and oxygen atoms in total. The summed E-state index contributed by atoms with van der Waals surface area (Å²) >= 11 is 0. The Hall–Kier alpha value is -8.66. The topological polar surface area (TPSA) is 6.48 Å². The molecule has 440 valence electrons. The Kier molecular flexibility index (Phi) is 14.9. The van der Waals surface area contributed by atoms with Crippen molar-refractivity contribution in [3.63, 3.8) is 0 Å². The largest absolute Gasteiger partial charge is 0.334 e. The van der Waals surface area contributed by atoms with Crippen molar-refractivity contribution < 1.29 is 0 Å². The molecule has 0 amide bonds. The van der Waals surface area contributed by atoms with E-state index in [4.69, 9.17) is 0 Å². The fraction of sp³-hybridized carbons (Fsp3) is 0.256. The predicted octanol–water partition coefficient (Wildman–Crippen LogP) is 20.6. The molecule has 4 atom stereocenters. The van der Waals surface area contributed by atoms with E-state index in [1.54, 1.807) is 0 Å². The fourth-order valence-electron chi connectivity index (χ4n) is 16.0. The number of hydrogen-bond donors (Lipinski definition) is 0. The third-order valence-corrected chi connectivity index (χ3v) is 20.6. The van der Waals surface area contributed by atoms with Gasteiger partial charge in [-0.1, -0.05) is 266 Å². The molecule has 0 N–H and O–H groups in total. The monoisotopic (exact) mass is 1150 g/mol. The molecule has 0 bridgehead atoms. The van der Waals surface area contributed by atoms with Crippen LogP contribution < -0.4 is 26.2 Å². The number of nitrogens with zero attached hydrogens (tertiary/aromatic N) is 2. The molecule has 4 unspecified atom stereocenters. The second-order valence-electron chi connectivity index (χ2n) is 28.2. The van der Waals surface area contributed by atoms with Gasteiger partial charge in [0.1, 0.15) is 0 Å². The maximum Gasteiger partial charge on any atom is 0.252 e. The maximum atomic E-state index is 2.88. The third kappa shape index (κ3) is 10.6. The van der Waals surface area contributed by atoms with Crippen LogP contribution in [0.5, 0.6) is 0 Å². The molecular formula is C86H83BN2. The summed E-state index contributed by atoms with van der Waals surface area (Å²) in [4.78, 5) is 5.65. The normalized spacial score (nSPS) is 21.9. The molecular weight excluding hydrogens is 1070 g/mol. The Morgan fingerprint density at radius 3 is 1.90 bits per heavy atom. The first-order valence-corrected chi connectivity index (χ1v) is 33.4. The van der Waals surface area contributed by atoms with Crippen LogP contribution in [0.15, 0.2) is 288 Å². The van der Waals surface area contributed by atoms with Gasteiger partial charge in [0.05, 0.1) is 11.7 Å². The minimum Gasteiger partial charge on any atom is -0.334 e. The number of allylic oxidation sites excluding steroid dienone is 24. The Morgan fingerprint density at radius 2 is 1.13 bits per heavy atom. The zero-order chi connectivity index (χ0) is 60.4. The van der Waals surface area contributed by atoms with Gasteiger partial charge in [-0.3, -0.25) is 0 Å². The number of anilines is 5. The number of para-hydroxylation sites is 1. The summed E-state index contributed by atoms with van der Waals surface area (Å²) < 4.78 is 0. The quantitative estimate of drug-likeness (QED) is 0.126. The van der Waals surface area contributed by atoms with Crippen molar-refractivity contribution in [2.24, 2.45) is 5.92 Å². The Labute approximate surface area is 531 Å². The van der Waals surface area contributed by atoms with E-state index in [-0.39, 0.29) is 41.3 Å². The van der Waals surface area contributed by atoms with Crippen LogP contribution in [0.1, 0.15) is 151 Å². The van der Waals surface area contributed by atoms with Crippen molar-refractivity contribution in [3.05, 3.63) is 321 Å². The van der Waals surface area contributed by atoms with E-state index in [9.17, 15) is 0 Å². The molecule has 9 aliphatic rings. The minimum atomic E-state index is -0.0891. The van der Waals surface area contributed by atoms with E-state index < -0.39 is 0 Å². The molecule has 89 heavy (non-hydrogen) atoms. The molecule has 15 rings (SSSR count). The van der Waals surface area contributed by atoms with Crippen LogP contribution in [0.25, 0.3) is 11.1 Å². The average molecular weight is 1160 g/mol. The van der Waals surface area contributed by atoms with Gasteiger partial charge in [0.2, 0.25) is 0 Å². The molecule has 0 fully saturated rings. The van der Waals surface area contributed by atoms with Gasteiger partial charge < -0.3 is 9.80 Å². The van der Waals surface area contributed by atoms with Gasteiger partial charge in [-0.05, 0) is 194 Å². The van der Waals surface area contributed by atoms with Gasteiger partial charge in [-0.15, -0.1) is 0 Å². The molecule has 6 aromatic rings. The zero-order valence-electron chi connectivity index (χ0n) is 53.0. The fourth-order valence-corrected chi connectivity index (χ4v) is 16.0. The van der Waals surface area contributed by atoms with Crippen molar-refractivity contribution in [2.75, 3.05) is 9.80 Å². The van der Waals surface area contributed by atoms with Gasteiger partial charge >= 0.3 is 0 Å². The highest BCUT2D eigenvalue weighted by Crippen LogP contribution is 2.53. The van der Waals surface area contributed by atoms with E-state index in [2.05, 4.69) is 300 Å². The van der Waals surface area contributed by atoms with Crippen molar-refractivity contribution in [2.45, 2.75) is 134 Å². The minimum absolute atomic E-state index is 0.0365. The lowest BCUT2D eigenvalue weighted by molar-refractivity contribution is 0.589. The van der Waals surface area contributed by atoms with Crippen LogP contribution in [0.4, 0.5) is 28.4 Å². The zero-order valence-corrected chi connectivity index (χ0v) is 53.0. The summed E-state index contributed by atoms with van der Waals surface area (Å²) in [6.45, 7) is 14.3. The highest BCUT2D eigenvalue weighted by atomic mass is 15.2. The summed E-state index contributed by atoms with van der Waals surface area (Å²) in [6.07, 6.45) is 56.7. The number of hydrogen-bond acceptors (Lipinski definition) is 2. The molecule has 0 spiro atoms. The van der Waals surface area contributed by atoms with E-state index >= 15 is 0 Å². The van der Waals surface area contributed by atoms with Gasteiger partial charge in [0, 0.05) is 46.1 Å². The first kappa shape index (κ1) is 56.8. The highest BCUT2D eigenvalue weighted by molar-refractivity contribution is 7.00. The molecule has 6 aromatic carbocycles. The summed E-state index contributed by atoms with van der Waals surface area (Å²) in [5.41, 5.74) is 31.3. The van der Waals surface area contributed by atoms with Crippen LogP contribution in [0, 0.1) is 5.92 Å². The lowest BCUT2D eigenvalue weighted by atomic mass is 9.33. The molecule has 0 radical (unpaired) electrons. The van der Waals surface area contributed by atoms with Gasteiger partial charge in [-0.2, -0.15) is 0 Å². The smallest absolute Gasteiger partial charge is 0.252 e. The Balaban J connectivity index is 0.988. The second-order valence-corrected chi connectivity index (χ2v) is 28.2. The van der Waals surface area contributed by atoms with E-state index in [0.717, 1.165) is 64.2 Å². The maximum absolute atomic E-state index is 2.88. The van der Waals surface area contributed by atoms with Crippen molar-refractivity contribution in [1.29, 1.82) is 0 Å². The highest BCUT2D eigenvalue weighted by Gasteiger charge is 2.48.